The first kappa shape index (κ1) is 25.0. The van der Waals surface area contributed by atoms with Crippen LogP contribution in [0.3, 0.4) is 0 Å². The molecule has 1 atom stereocenters. The molecule has 0 aliphatic rings. The van der Waals surface area contributed by atoms with Gasteiger partial charge in [0.15, 0.2) is 0 Å². The van der Waals surface area contributed by atoms with Crippen molar-refractivity contribution in [2.24, 2.45) is 0 Å². The Morgan fingerprint density at radius 2 is 1.72 bits per heavy atom. The molecule has 0 saturated carbocycles. The molecule has 180 valence electrons. The van der Waals surface area contributed by atoms with Gasteiger partial charge in [-0.25, -0.2) is 4.98 Å². The molecule has 5 nitrogen and oxygen atoms in total. The van der Waals surface area contributed by atoms with Crippen LogP contribution in [-0.2, 0) is 4.79 Å². The SMILES string of the molecule is COc1ccc(-c2cc(-c3ccccc3)nc(SC(C)C(=O)Nc3cccc(C)c3C)c2C#N)cc1. The zero-order chi connectivity index (χ0) is 25.7. The number of rotatable bonds is 7. The molecule has 0 radical (unpaired) electrons. The van der Waals surface area contributed by atoms with Crippen LogP contribution in [0.2, 0.25) is 0 Å². The highest BCUT2D eigenvalue weighted by molar-refractivity contribution is 8.00. The largest absolute Gasteiger partial charge is 0.497 e. The zero-order valence-corrected chi connectivity index (χ0v) is 21.5. The van der Waals surface area contributed by atoms with Gasteiger partial charge in [-0.1, -0.05) is 66.4 Å². The molecular weight excluding hydrogens is 466 g/mol. The molecule has 0 spiro atoms. The average molecular weight is 494 g/mol. The number of aromatic nitrogens is 1. The van der Waals surface area contributed by atoms with Crippen molar-refractivity contribution in [2.75, 3.05) is 12.4 Å². The van der Waals surface area contributed by atoms with Gasteiger partial charge < -0.3 is 10.1 Å². The van der Waals surface area contributed by atoms with Crippen LogP contribution in [0.25, 0.3) is 22.4 Å². The van der Waals surface area contributed by atoms with Crippen LogP contribution in [0.4, 0.5) is 5.69 Å². The molecule has 36 heavy (non-hydrogen) atoms. The fourth-order valence-corrected chi connectivity index (χ4v) is 4.74. The van der Waals surface area contributed by atoms with E-state index in [1.165, 1.54) is 11.8 Å². The summed E-state index contributed by atoms with van der Waals surface area (Å²) in [7, 11) is 1.62. The smallest absolute Gasteiger partial charge is 0.237 e. The number of thioether (sulfide) groups is 1. The van der Waals surface area contributed by atoms with E-state index in [-0.39, 0.29) is 5.91 Å². The van der Waals surface area contributed by atoms with E-state index in [2.05, 4.69) is 11.4 Å². The number of hydrogen-bond acceptors (Lipinski definition) is 5. The Hall–Kier alpha value is -4.08. The molecule has 1 N–H and O–H groups in total. The lowest BCUT2D eigenvalue weighted by atomic mass is 9.99. The summed E-state index contributed by atoms with van der Waals surface area (Å²) in [5.74, 6) is 0.594. The van der Waals surface area contributed by atoms with Crippen molar-refractivity contribution < 1.29 is 9.53 Å². The summed E-state index contributed by atoms with van der Waals surface area (Å²) < 4.78 is 5.30. The van der Waals surface area contributed by atoms with Crippen molar-refractivity contribution in [3.63, 3.8) is 0 Å². The molecule has 6 heteroatoms. The maximum absolute atomic E-state index is 13.1. The number of nitrogens with zero attached hydrogens (tertiary/aromatic N) is 2. The molecule has 0 aliphatic carbocycles. The topological polar surface area (TPSA) is 75.0 Å². The lowest BCUT2D eigenvalue weighted by Gasteiger charge is -2.17. The van der Waals surface area contributed by atoms with Crippen molar-refractivity contribution >= 4 is 23.4 Å². The summed E-state index contributed by atoms with van der Waals surface area (Å²) in [6, 6.07) is 27.5. The number of pyridine rings is 1. The van der Waals surface area contributed by atoms with E-state index in [0.29, 0.717) is 10.6 Å². The van der Waals surface area contributed by atoms with E-state index in [9.17, 15) is 10.1 Å². The van der Waals surface area contributed by atoms with Gasteiger partial charge in [-0.2, -0.15) is 5.26 Å². The lowest BCUT2D eigenvalue weighted by molar-refractivity contribution is -0.115. The van der Waals surface area contributed by atoms with Crippen LogP contribution in [0, 0.1) is 25.2 Å². The molecule has 0 fully saturated rings. The second kappa shape index (κ2) is 11.1. The number of carbonyl (C=O) groups excluding carboxylic acids is 1. The van der Waals surface area contributed by atoms with Crippen LogP contribution in [-0.4, -0.2) is 23.3 Å². The third kappa shape index (κ3) is 5.42. The standard InChI is InChI=1S/C30H27N3O2S/c1-19-9-8-12-27(20(19)2)32-29(34)21(3)36-30-26(18-31)25(22-13-15-24(35-4)16-14-22)17-28(33-30)23-10-6-5-7-11-23/h5-17,21H,1-4H3,(H,32,34). The van der Waals surface area contributed by atoms with Crippen molar-refractivity contribution in [1.82, 2.24) is 4.98 Å². The number of nitriles is 1. The van der Waals surface area contributed by atoms with Gasteiger partial charge in [-0.05, 0) is 61.7 Å². The average Bonchev–Trinajstić information content (AvgIpc) is 2.91. The second-order valence-corrected chi connectivity index (χ2v) is 9.77. The Labute approximate surface area is 216 Å². The quantitative estimate of drug-likeness (QED) is 0.280. The van der Waals surface area contributed by atoms with E-state index in [1.807, 2.05) is 99.6 Å². The summed E-state index contributed by atoms with van der Waals surface area (Å²) in [6.45, 7) is 5.83. The molecule has 3 aromatic carbocycles. The Bertz CT molecular complexity index is 1430. The molecule has 1 unspecified atom stereocenters. The van der Waals surface area contributed by atoms with Gasteiger partial charge >= 0.3 is 0 Å². The number of aryl methyl sites for hydroxylation is 1. The minimum absolute atomic E-state index is 0.143. The number of benzene rings is 3. The third-order valence-electron chi connectivity index (χ3n) is 6.09. The molecule has 0 bridgehead atoms. The summed E-state index contributed by atoms with van der Waals surface area (Å²) in [5.41, 5.74) is 6.69. The molecule has 1 heterocycles. The number of methoxy groups -OCH3 is 1. The highest BCUT2D eigenvalue weighted by Gasteiger charge is 2.22. The van der Waals surface area contributed by atoms with Gasteiger partial charge in [0, 0.05) is 16.8 Å². The molecule has 0 saturated heterocycles. The second-order valence-electron chi connectivity index (χ2n) is 8.44. The van der Waals surface area contributed by atoms with Gasteiger partial charge in [0.25, 0.3) is 0 Å². The predicted molar refractivity (Wildman–Crippen MR) is 146 cm³/mol. The maximum atomic E-state index is 13.1. The van der Waals surface area contributed by atoms with Crippen molar-refractivity contribution in [2.45, 2.75) is 31.0 Å². The van der Waals surface area contributed by atoms with Crippen LogP contribution < -0.4 is 10.1 Å². The van der Waals surface area contributed by atoms with Gasteiger partial charge in [0.05, 0.1) is 23.6 Å². The number of amides is 1. The van der Waals surface area contributed by atoms with Gasteiger partial charge in [-0.15, -0.1) is 0 Å². The lowest BCUT2D eigenvalue weighted by Crippen LogP contribution is -2.23. The summed E-state index contributed by atoms with van der Waals surface area (Å²) >= 11 is 1.29. The number of carbonyl (C=O) groups is 1. The van der Waals surface area contributed by atoms with Crippen molar-refractivity contribution in [1.29, 1.82) is 5.26 Å². The Morgan fingerprint density at radius 3 is 2.39 bits per heavy atom. The summed E-state index contributed by atoms with van der Waals surface area (Å²) in [5, 5.41) is 13.2. The minimum Gasteiger partial charge on any atom is -0.497 e. The minimum atomic E-state index is -0.473. The van der Waals surface area contributed by atoms with Gasteiger partial charge in [0.1, 0.15) is 16.8 Å². The number of anilines is 1. The van der Waals surface area contributed by atoms with E-state index in [1.54, 1.807) is 7.11 Å². The van der Waals surface area contributed by atoms with Crippen LogP contribution >= 0.6 is 11.8 Å². The number of nitrogens with one attached hydrogen (secondary N) is 1. The van der Waals surface area contributed by atoms with Gasteiger partial charge in [-0.3, -0.25) is 4.79 Å². The van der Waals surface area contributed by atoms with E-state index >= 15 is 0 Å². The van der Waals surface area contributed by atoms with Crippen molar-refractivity contribution in [3.05, 3.63) is 95.6 Å². The fourth-order valence-electron chi connectivity index (χ4n) is 3.81. The molecule has 4 aromatic rings. The van der Waals surface area contributed by atoms with E-state index in [4.69, 9.17) is 9.72 Å². The third-order valence-corrected chi connectivity index (χ3v) is 7.18. The normalized spacial score (nSPS) is 11.4. The summed E-state index contributed by atoms with van der Waals surface area (Å²) in [4.78, 5) is 17.9. The Morgan fingerprint density at radius 1 is 1.00 bits per heavy atom. The van der Waals surface area contributed by atoms with E-state index in [0.717, 1.165) is 44.9 Å². The number of ether oxygens (including phenoxy) is 1. The Balaban J connectivity index is 1.73. The van der Waals surface area contributed by atoms with Crippen molar-refractivity contribution in [3.8, 4) is 34.2 Å². The zero-order valence-electron chi connectivity index (χ0n) is 20.7. The Kier molecular flexibility index (Phi) is 7.72. The molecule has 4 rings (SSSR count). The molecule has 1 amide bonds. The fraction of sp³-hybridized carbons (Fsp3) is 0.167. The molecule has 0 aliphatic heterocycles. The first-order chi connectivity index (χ1) is 17.4. The van der Waals surface area contributed by atoms with Crippen LogP contribution in [0.1, 0.15) is 23.6 Å². The highest BCUT2D eigenvalue weighted by atomic mass is 32.2. The summed E-state index contributed by atoms with van der Waals surface area (Å²) in [6.07, 6.45) is 0. The first-order valence-corrected chi connectivity index (χ1v) is 12.5. The first-order valence-electron chi connectivity index (χ1n) is 11.6. The van der Waals surface area contributed by atoms with Gasteiger partial charge in [0.2, 0.25) is 5.91 Å². The maximum Gasteiger partial charge on any atom is 0.237 e. The monoisotopic (exact) mass is 493 g/mol. The highest BCUT2D eigenvalue weighted by Crippen LogP contribution is 2.36. The predicted octanol–water partition coefficient (Wildman–Crippen LogP) is 7.03. The van der Waals surface area contributed by atoms with E-state index < -0.39 is 5.25 Å². The number of hydrogen-bond donors (Lipinski definition) is 1. The molecular formula is C30H27N3O2S. The van der Waals surface area contributed by atoms with Crippen LogP contribution in [0.5, 0.6) is 5.75 Å². The van der Waals surface area contributed by atoms with Crippen LogP contribution in [0.15, 0.2) is 83.9 Å². The molecule has 1 aromatic heterocycles.